The summed E-state index contributed by atoms with van der Waals surface area (Å²) in [7, 11) is 0. The molecular weight excluding hydrogens is 369 g/mol. The molecule has 0 aliphatic heterocycles. The Hall–Kier alpha value is -1.96. The maximum atomic E-state index is 12.1. The molecule has 1 aromatic carbocycles. The van der Waals surface area contributed by atoms with Crippen molar-refractivity contribution in [3.05, 3.63) is 45.4 Å². The third-order valence-electron chi connectivity index (χ3n) is 2.55. The Kier molecular flexibility index (Phi) is 5.70. The summed E-state index contributed by atoms with van der Waals surface area (Å²) in [5.41, 5.74) is 2.93. The van der Waals surface area contributed by atoms with Crippen LogP contribution in [0.2, 0.25) is 15.3 Å². The number of hydrogen-bond donors (Lipinski definition) is 1. The fraction of sp³-hybridized carbons (Fsp3) is 0.154. The van der Waals surface area contributed by atoms with E-state index in [9.17, 15) is 9.59 Å². The highest BCUT2D eigenvalue weighted by Crippen LogP contribution is 2.23. The first-order chi connectivity index (χ1) is 10.9. The summed E-state index contributed by atoms with van der Waals surface area (Å²) in [5.74, 6) is -1.63. The Labute approximate surface area is 146 Å². The van der Waals surface area contributed by atoms with Crippen molar-refractivity contribution in [3.63, 3.8) is 0 Å². The summed E-state index contributed by atoms with van der Waals surface area (Å²) in [6.07, 6.45) is 0. The summed E-state index contributed by atoms with van der Waals surface area (Å²) < 4.78 is 5.90. The number of imidazole rings is 1. The number of halogens is 3. The van der Waals surface area contributed by atoms with Crippen LogP contribution in [0, 0.1) is 0 Å². The minimum Gasteiger partial charge on any atom is -0.444 e. The minimum absolute atomic E-state index is 0.0497. The second kappa shape index (κ2) is 7.54. The topological polar surface area (TPSA) is 82.5 Å². The molecule has 2 aromatic rings. The number of anilines is 1. The van der Waals surface area contributed by atoms with E-state index in [2.05, 4.69) is 10.5 Å². The van der Waals surface area contributed by atoms with Gasteiger partial charge in [0.2, 0.25) is 5.82 Å². The average Bonchev–Trinajstić information content (AvgIpc) is 2.80. The molecule has 0 amide bonds. The zero-order chi connectivity index (χ0) is 17.0. The van der Waals surface area contributed by atoms with E-state index in [4.69, 9.17) is 44.4 Å². The molecule has 0 unspecified atom stereocenters. The summed E-state index contributed by atoms with van der Waals surface area (Å²) in [4.78, 5) is 31.6. The van der Waals surface area contributed by atoms with E-state index in [1.165, 1.54) is 6.92 Å². The first kappa shape index (κ1) is 17.4. The zero-order valence-corrected chi connectivity index (χ0v) is 13.9. The number of nitrogens with zero attached hydrogens (tertiary/aromatic N) is 2. The molecule has 0 aliphatic rings. The fourth-order valence-electron chi connectivity index (χ4n) is 1.50. The second-order valence-corrected chi connectivity index (χ2v) is 5.36. The van der Waals surface area contributed by atoms with Crippen molar-refractivity contribution in [1.82, 2.24) is 9.55 Å². The first-order valence-electron chi connectivity index (χ1n) is 6.16. The van der Waals surface area contributed by atoms with Crippen LogP contribution < -0.4 is 5.48 Å². The van der Waals surface area contributed by atoms with Crippen molar-refractivity contribution < 1.29 is 19.2 Å². The number of carbonyl (C=O) groups excluding carboxylic acids is 2. The van der Waals surface area contributed by atoms with E-state index in [1.807, 2.05) is 0 Å². The van der Waals surface area contributed by atoms with Crippen LogP contribution in [0.15, 0.2) is 24.3 Å². The smallest absolute Gasteiger partial charge is 0.398 e. The SMILES string of the molecule is CC(=O)OCn1c(C(=O)ONc2ccc(Cl)cc2)nc(Cl)c1Cl. The zero-order valence-electron chi connectivity index (χ0n) is 11.7. The number of carbonyl (C=O) groups is 2. The molecule has 0 saturated heterocycles. The molecule has 0 radical (unpaired) electrons. The van der Waals surface area contributed by atoms with Crippen LogP contribution in [0.4, 0.5) is 5.69 Å². The molecule has 0 spiro atoms. The Morgan fingerprint density at radius 1 is 1.22 bits per heavy atom. The van der Waals surface area contributed by atoms with E-state index in [0.717, 1.165) is 4.57 Å². The highest BCUT2D eigenvalue weighted by Gasteiger charge is 2.22. The molecule has 1 aromatic heterocycles. The molecule has 0 fully saturated rings. The van der Waals surface area contributed by atoms with Crippen molar-refractivity contribution in [2.45, 2.75) is 13.7 Å². The van der Waals surface area contributed by atoms with Gasteiger partial charge in [-0.25, -0.2) is 15.3 Å². The monoisotopic (exact) mass is 377 g/mol. The lowest BCUT2D eigenvalue weighted by molar-refractivity contribution is -0.144. The van der Waals surface area contributed by atoms with Gasteiger partial charge in [0, 0.05) is 11.9 Å². The Balaban J connectivity index is 2.10. The molecule has 7 nitrogen and oxygen atoms in total. The highest BCUT2D eigenvalue weighted by atomic mass is 35.5. The predicted octanol–water partition coefficient (Wildman–Crippen LogP) is 3.55. The molecule has 10 heteroatoms. The lowest BCUT2D eigenvalue weighted by atomic mass is 10.3. The number of esters is 1. The van der Waals surface area contributed by atoms with Crippen LogP contribution in [0.5, 0.6) is 0 Å². The fourth-order valence-corrected chi connectivity index (χ4v) is 1.98. The number of nitrogens with one attached hydrogen (secondary N) is 1. The number of aromatic nitrogens is 2. The molecule has 1 N–H and O–H groups in total. The average molecular weight is 379 g/mol. The molecule has 0 aliphatic carbocycles. The Morgan fingerprint density at radius 3 is 2.48 bits per heavy atom. The van der Waals surface area contributed by atoms with Gasteiger partial charge < -0.3 is 9.57 Å². The molecule has 1 heterocycles. The summed E-state index contributed by atoms with van der Waals surface area (Å²) in [5, 5.41) is 0.376. The van der Waals surface area contributed by atoms with Crippen LogP contribution in [0.25, 0.3) is 0 Å². The Morgan fingerprint density at radius 2 is 1.87 bits per heavy atom. The highest BCUT2D eigenvalue weighted by molar-refractivity contribution is 6.40. The van der Waals surface area contributed by atoms with Crippen molar-refractivity contribution in [3.8, 4) is 0 Å². The van der Waals surface area contributed by atoms with Crippen LogP contribution in [-0.2, 0) is 21.1 Å². The molecule has 2 rings (SSSR count). The van der Waals surface area contributed by atoms with Gasteiger partial charge in [-0.15, -0.1) is 0 Å². The van der Waals surface area contributed by atoms with E-state index < -0.39 is 11.9 Å². The van der Waals surface area contributed by atoms with Gasteiger partial charge in [-0.05, 0) is 24.3 Å². The number of ether oxygens (including phenoxy) is 1. The molecule has 0 bridgehead atoms. The van der Waals surface area contributed by atoms with Crippen LogP contribution in [0.3, 0.4) is 0 Å². The van der Waals surface area contributed by atoms with Gasteiger partial charge in [0.1, 0.15) is 0 Å². The van der Waals surface area contributed by atoms with Crippen molar-refractivity contribution >= 4 is 52.4 Å². The standard InChI is InChI=1S/C13H10Cl3N3O4/c1-7(20)22-6-19-11(16)10(15)17-12(19)13(21)23-18-9-4-2-8(14)3-5-9/h2-5,18H,6H2,1H3. The van der Waals surface area contributed by atoms with Crippen LogP contribution >= 0.6 is 34.8 Å². The largest absolute Gasteiger partial charge is 0.444 e. The third kappa shape index (κ3) is 4.51. The predicted molar refractivity (Wildman–Crippen MR) is 84.5 cm³/mol. The lowest BCUT2D eigenvalue weighted by Crippen LogP contribution is -2.18. The van der Waals surface area contributed by atoms with Gasteiger partial charge >= 0.3 is 11.9 Å². The van der Waals surface area contributed by atoms with Crippen molar-refractivity contribution in [2.24, 2.45) is 0 Å². The summed E-state index contributed by atoms with van der Waals surface area (Å²) in [6, 6.07) is 6.46. The van der Waals surface area contributed by atoms with Crippen LogP contribution in [-0.4, -0.2) is 21.5 Å². The number of hydrogen-bond acceptors (Lipinski definition) is 6. The van der Waals surface area contributed by atoms with Gasteiger partial charge in [0.05, 0.1) is 5.69 Å². The maximum Gasteiger partial charge on any atom is 0.398 e. The normalized spacial score (nSPS) is 10.3. The van der Waals surface area contributed by atoms with Crippen molar-refractivity contribution in [2.75, 3.05) is 5.48 Å². The Bertz CT molecular complexity index is 731. The van der Waals surface area contributed by atoms with E-state index in [0.29, 0.717) is 10.7 Å². The lowest BCUT2D eigenvalue weighted by Gasteiger charge is -2.09. The van der Waals surface area contributed by atoms with Crippen molar-refractivity contribution in [1.29, 1.82) is 0 Å². The maximum absolute atomic E-state index is 12.1. The third-order valence-corrected chi connectivity index (χ3v) is 3.55. The van der Waals surface area contributed by atoms with Gasteiger partial charge in [0.15, 0.2) is 17.0 Å². The minimum atomic E-state index is -0.860. The van der Waals surface area contributed by atoms with Crippen LogP contribution in [0.1, 0.15) is 17.5 Å². The second-order valence-electron chi connectivity index (χ2n) is 4.21. The van der Waals surface area contributed by atoms with Gasteiger partial charge in [0.25, 0.3) is 0 Å². The summed E-state index contributed by atoms with van der Waals surface area (Å²) >= 11 is 17.4. The molecule has 122 valence electrons. The quantitative estimate of drug-likeness (QED) is 0.633. The van der Waals surface area contributed by atoms with E-state index in [-0.39, 0.29) is 22.9 Å². The van der Waals surface area contributed by atoms with Gasteiger partial charge in [-0.1, -0.05) is 34.8 Å². The molecule has 0 atom stereocenters. The van der Waals surface area contributed by atoms with E-state index in [1.54, 1.807) is 24.3 Å². The number of rotatable bonds is 5. The van der Waals surface area contributed by atoms with Gasteiger partial charge in [-0.2, -0.15) is 0 Å². The molecule has 23 heavy (non-hydrogen) atoms. The number of benzene rings is 1. The molecule has 0 saturated carbocycles. The first-order valence-corrected chi connectivity index (χ1v) is 7.29. The summed E-state index contributed by atoms with van der Waals surface area (Å²) in [6.45, 7) is 0.895. The van der Waals surface area contributed by atoms with Gasteiger partial charge in [-0.3, -0.25) is 9.36 Å². The molecular formula is C13H10Cl3N3O4. The van der Waals surface area contributed by atoms with E-state index >= 15 is 0 Å².